The second-order valence-corrected chi connectivity index (χ2v) is 5.52. The molecule has 1 aromatic rings. The number of halogens is 3. The normalized spacial score (nSPS) is 19.3. The number of alkyl halides is 3. The summed E-state index contributed by atoms with van der Waals surface area (Å²) in [6.45, 7) is 2.09. The van der Waals surface area contributed by atoms with Crippen molar-refractivity contribution >= 4 is 17.5 Å². The third-order valence-corrected chi connectivity index (χ3v) is 3.69. The van der Waals surface area contributed by atoms with Crippen LogP contribution in [0.5, 0.6) is 5.75 Å². The van der Waals surface area contributed by atoms with Crippen LogP contribution in [0.25, 0.3) is 0 Å². The molecule has 1 aliphatic heterocycles. The number of hydrogen-bond acceptors (Lipinski definition) is 4. The minimum atomic E-state index is -4.80. The van der Waals surface area contributed by atoms with Gasteiger partial charge in [0.2, 0.25) is 11.8 Å². The molecular weight excluding hydrogens is 327 g/mol. The van der Waals surface area contributed by atoms with E-state index >= 15 is 0 Å². The Labute approximate surface area is 136 Å². The summed E-state index contributed by atoms with van der Waals surface area (Å²) in [5, 5.41) is 2.61. The van der Waals surface area contributed by atoms with Crippen LogP contribution in [0.1, 0.15) is 13.3 Å². The number of rotatable bonds is 5. The van der Waals surface area contributed by atoms with Crippen LogP contribution in [-0.2, 0) is 9.59 Å². The SMILES string of the molecule is CC(CN)C(=O)NC1CCN(c2cccc(OC(F)(F)F)c2)C1=O. The molecule has 1 fully saturated rings. The molecule has 2 unspecified atom stereocenters. The molecule has 24 heavy (non-hydrogen) atoms. The summed E-state index contributed by atoms with van der Waals surface area (Å²) < 4.78 is 40.7. The molecule has 1 aliphatic rings. The van der Waals surface area contributed by atoms with Crippen molar-refractivity contribution in [1.82, 2.24) is 5.32 Å². The first-order valence-corrected chi connectivity index (χ1v) is 7.39. The number of ether oxygens (including phenoxy) is 1. The van der Waals surface area contributed by atoms with Crippen LogP contribution in [0.2, 0.25) is 0 Å². The Morgan fingerprint density at radius 3 is 2.83 bits per heavy atom. The zero-order chi connectivity index (χ0) is 17.9. The summed E-state index contributed by atoms with van der Waals surface area (Å²) in [6.07, 6.45) is -4.44. The Morgan fingerprint density at radius 2 is 2.21 bits per heavy atom. The van der Waals surface area contributed by atoms with Gasteiger partial charge >= 0.3 is 6.36 Å². The maximum Gasteiger partial charge on any atom is 0.573 e. The fraction of sp³-hybridized carbons (Fsp3) is 0.467. The second-order valence-electron chi connectivity index (χ2n) is 5.52. The summed E-state index contributed by atoms with van der Waals surface area (Å²) in [5.41, 5.74) is 5.69. The summed E-state index contributed by atoms with van der Waals surface area (Å²) in [5.74, 6) is -1.53. The number of nitrogens with one attached hydrogen (secondary N) is 1. The molecule has 9 heteroatoms. The lowest BCUT2D eigenvalue weighted by Crippen LogP contribution is -2.44. The van der Waals surface area contributed by atoms with E-state index in [0.717, 1.165) is 12.1 Å². The van der Waals surface area contributed by atoms with E-state index in [2.05, 4.69) is 10.1 Å². The average molecular weight is 345 g/mol. The highest BCUT2D eigenvalue weighted by molar-refractivity contribution is 6.01. The van der Waals surface area contributed by atoms with Crippen LogP contribution >= 0.6 is 0 Å². The van der Waals surface area contributed by atoms with Crippen molar-refractivity contribution < 1.29 is 27.5 Å². The minimum Gasteiger partial charge on any atom is -0.406 e. The lowest BCUT2D eigenvalue weighted by atomic mass is 10.1. The van der Waals surface area contributed by atoms with Gasteiger partial charge in [-0.15, -0.1) is 13.2 Å². The lowest BCUT2D eigenvalue weighted by molar-refractivity contribution is -0.274. The van der Waals surface area contributed by atoms with Gasteiger partial charge in [0.15, 0.2) is 0 Å². The largest absolute Gasteiger partial charge is 0.573 e. The Kier molecular flexibility index (Phi) is 5.33. The fourth-order valence-corrected chi connectivity index (χ4v) is 2.34. The maximum absolute atomic E-state index is 12.4. The van der Waals surface area contributed by atoms with Crippen molar-refractivity contribution in [1.29, 1.82) is 0 Å². The van der Waals surface area contributed by atoms with Crippen molar-refractivity contribution in [3.63, 3.8) is 0 Å². The van der Waals surface area contributed by atoms with Crippen LogP contribution < -0.4 is 20.7 Å². The topological polar surface area (TPSA) is 84.7 Å². The Bertz CT molecular complexity index is 621. The first kappa shape index (κ1) is 18.1. The molecule has 0 bridgehead atoms. The first-order valence-electron chi connectivity index (χ1n) is 7.39. The molecule has 132 valence electrons. The highest BCUT2D eigenvalue weighted by Gasteiger charge is 2.35. The van der Waals surface area contributed by atoms with Gasteiger partial charge in [0.05, 0.1) is 0 Å². The van der Waals surface area contributed by atoms with Crippen LogP contribution in [-0.4, -0.2) is 37.3 Å². The van der Waals surface area contributed by atoms with Gasteiger partial charge in [-0.3, -0.25) is 9.59 Å². The van der Waals surface area contributed by atoms with Crippen molar-refractivity contribution in [2.75, 3.05) is 18.0 Å². The molecule has 1 saturated heterocycles. The van der Waals surface area contributed by atoms with Crippen molar-refractivity contribution in [2.24, 2.45) is 11.7 Å². The molecule has 2 atom stereocenters. The van der Waals surface area contributed by atoms with E-state index in [1.165, 1.54) is 17.0 Å². The van der Waals surface area contributed by atoms with Crippen LogP contribution in [0.3, 0.4) is 0 Å². The zero-order valence-corrected chi connectivity index (χ0v) is 13.0. The van der Waals surface area contributed by atoms with Gasteiger partial charge in [-0.25, -0.2) is 0 Å². The van der Waals surface area contributed by atoms with Gasteiger partial charge in [-0.1, -0.05) is 13.0 Å². The molecular formula is C15H18F3N3O3. The molecule has 0 radical (unpaired) electrons. The number of carbonyl (C=O) groups excluding carboxylic acids is 2. The molecule has 0 spiro atoms. The van der Waals surface area contributed by atoms with E-state index in [-0.39, 0.29) is 30.6 Å². The molecule has 2 rings (SSSR count). The van der Waals surface area contributed by atoms with Crippen LogP contribution in [0.15, 0.2) is 24.3 Å². The fourth-order valence-electron chi connectivity index (χ4n) is 2.34. The lowest BCUT2D eigenvalue weighted by Gasteiger charge is -2.19. The Morgan fingerprint density at radius 1 is 1.50 bits per heavy atom. The molecule has 0 aromatic heterocycles. The van der Waals surface area contributed by atoms with Gasteiger partial charge in [0.25, 0.3) is 0 Å². The summed E-state index contributed by atoms with van der Waals surface area (Å²) in [7, 11) is 0. The summed E-state index contributed by atoms with van der Waals surface area (Å²) in [6, 6.07) is 4.45. The number of carbonyl (C=O) groups is 2. The molecule has 6 nitrogen and oxygen atoms in total. The average Bonchev–Trinajstić information content (AvgIpc) is 2.86. The highest BCUT2D eigenvalue weighted by atomic mass is 19.4. The summed E-state index contributed by atoms with van der Waals surface area (Å²) in [4.78, 5) is 25.5. The predicted octanol–water partition coefficient (Wildman–Crippen LogP) is 1.40. The van der Waals surface area contributed by atoms with E-state index in [0.29, 0.717) is 6.42 Å². The van der Waals surface area contributed by atoms with Gasteiger partial charge in [0, 0.05) is 30.8 Å². The van der Waals surface area contributed by atoms with Crippen molar-refractivity contribution in [3.8, 4) is 5.75 Å². The Hall–Kier alpha value is -2.29. The second kappa shape index (κ2) is 7.08. The number of nitrogens with two attached hydrogens (primary N) is 1. The maximum atomic E-state index is 12.4. The van der Waals surface area contributed by atoms with Gasteiger partial charge in [-0.2, -0.15) is 0 Å². The van der Waals surface area contributed by atoms with Crippen molar-refractivity contribution in [3.05, 3.63) is 24.3 Å². The first-order chi connectivity index (χ1) is 11.2. The van der Waals surface area contributed by atoms with Crippen LogP contribution in [0, 0.1) is 5.92 Å². The number of hydrogen-bond donors (Lipinski definition) is 2. The van der Waals surface area contributed by atoms with Gasteiger partial charge in [0.1, 0.15) is 11.8 Å². The molecule has 1 aromatic carbocycles. The minimum absolute atomic E-state index is 0.160. The van der Waals surface area contributed by atoms with Gasteiger partial charge in [-0.05, 0) is 18.6 Å². The van der Waals surface area contributed by atoms with E-state index in [9.17, 15) is 22.8 Å². The smallest absolute Gasteiger partial charge is 0.406 e. The molecule has 2 amide bonds. The number of amides is 2. The third kappa shape index (κ3) is 4.38. The molecule has 1 heterocycles. The molecule has 0 saturated carbocycles. The number of anilines is 1. The third-order valence-electron chi connectivity index (χ3n) is 3.69. The number of nitrogens with zero attached hydrogens (tertiary/aromatic N) is 1. The van der Waals surface area contributed by atoms with E-state index in [4.69, 9.17) is 5.73 Å². The Balaban J connectivity index is 2.07. The van der Waals surface area contributed by atoms with E-state index in [1.807, 2.05) is 0 Å². The quantitative estimate of drug-likeness (QED) is 0.845. The standard InChI is InChI=1S/C15H18F3N3O3/c1-9(8-19)13(22)20-12-5-6-21(14(12)23)10-3-2-4-11(7-10)24-15(16,17)18/h2-4,7,9,12H,5-6,8,19H2,1H3,(H,20,22). The monoisotopic (exact) mass is 345 g/mol. The number of benzene rings is 1. The van der Waals surface area contributed by atoms with E-state index in [1.54, 1.807) is 6.92 Å². The molecule has 3 N–H and O–H groups in total. The zero-order valence-electron chi connectivity index (χ0n) is 13.0. The highest BCUT2D eigenvalue weighted by Crippen LogP contribution is 2.29. The van der Waals surface area contributed by atoms with Gasteiger partial charge < -0.3 is 20.7 Å². The predicted molar refractivity (Wildman–Crippen MR) is 80.2 cm³/mol. The van der Waals surface area contributed by atoms with Crippen LogP contribution in [0.4, 0.5) is 18.9 Å². The van der Waals surface area contributed by atoms with E-state index < -0.39 is 24.1 Å². The van der Waals surface area contributed by atoms with Crippen molar-refractivity contribution in [2.45, 2.75) is 25.7 Å². The molecule has 0 aliphatic carbocycles. The summed E-state index contributed by atoms with van der Waals surface area (Å²) >= 11 is 0.